The second-order valence-electron chi connectivity index (χ2n) is 4.87. The number of aliphatic carboxylic acids is 1. The summed E-state index contributed by atoms with van der Waals surface area (Å²) >= 11 is 0. The highest BCUT2D eigenvalue weighted by molar-refractivity contribution is 5.96. The number of hydrogen-bond donors (Lipinski definition) is 2. The van der Waals surface area contributed by atoms with Gasteiger partial charge in [0.05, 0.1) is 0 Å². The van der Waals surface area contributed by atoms with E-state index in [-0.39, 0.29) is 0 Å². The Labute approximate surface area is 127 Å². The quantitative estimate of drug-likeness (QED) is 0.702. The Morgan fingerprint density at radius 1 is 1.14 bits per heavy atom. The summed E-state index contributed by atoms with van der Waals surface area (Å²) in [6, 6.07) is 15.6. The van der Waals surface area contributed by atoms with E-state index < -0.39 is 5.97 Å². The van der Waals surface area contributed by atoms with Crippen LogP contribution in [0.2, 0.25) is 0 Å². The standard InChI is InChI=1S/C18H15NO3/c20-17(21)10-9-14-11-19-15-7-4-8-16(18(14)15)22-12-13-5-2-1-3-6-13/h1-11,19H,12H2,(H,20,21). The van der Waals surface area contributed by atoms with E-state index in [1.54, 1.807) is 12.3 Å². The van der Waals surface area contributed by atoms with E-state index in [2.05, 4.69) is 4.98 Å². The van der Waals surface area contributed by atoms with Crippen LogP contribution in [-0.4, -0.2) is 16.1 Å². The number of ether oxygens (including phenoxy) is 1. The first-order valence-corrected chi connectivity index (χ1v) is 6.92. The molecule has 3 rings (SSSR count). The average Bonchev–Trinajstić information content (AvgIpc) is 2.96. The summed E-state index contributed by atoms with van der Waals surface area (Å²) in [6.07, 6.45) is 4.46. The highest BCUT2D eigenvalue weighted by Crippen LogP contribution is 2.30. The second kappa shape index (κ2) is 6.18. The molecule has 2 aromatic carbocycles. The fourth-order valence-electron chi connectivity index (χ4n) is 2.32. The normalized spacial score (nSPS) is 11.1. The van der Waals surface area contributed by atoms with Crippen molar-refractivity contribution in [2.45, 2.75) is 6.61 Å². The van der Waals surface area contributed by atoms with Crippen molar-refractivity contribution in [2.75, 3.05) is 0 Å². The molecule has 4 nitrogen and oxygen atoms in total. The third kappa shape index (κ3) is 3.01. The molecular weight excluding hydrogens is 278 g/mol. The summed E-state index contributed by atoms with van der Waals surface area (Å²) in [5, 5.41) is 9.66. The van der Waals surface area contributed by atoms with E-state index in [4.69, 9.17) is 9.84 Å². The van der Waals surface area contributed by atoms with Crippen molar-refractivity contribution < 1.29 is 14.6 Å². The maximum absolute atomic E-state index is 10.7. The SMILES string of the molecule is O=C(O)C=Cc1c[nH]c2cccc(OCc3ccccc3)c12. The number of nitrogens with one attached hydrogen (secondary N) is 1. The lowest BCUT2D eigenvalue weighted by molar-refractivity contribution is -0.131. The number of H-pyrrole nitrogens is 1. The first kappa shape index (κ1) is 13.9. The Morgan fingerprint density at radius 2 is 1.95 bits per heavy atom. The molecule has 0 unspecified atom stereocenters. The minimum atomic E-state index is -0.975. The van der Waals surface area contributed by atoms with Gasteiger partial charge in [0, 0.05) is 28.7 Å². The van der Waals surface area contributed by atoms with Gasteiger partial charge in [-0.25, -0.2) is 4.79 Å². The number of carboxylic acid groups (broad SMARTS) is 1. The Kier molecular flexibility index (Phi) is 3.92. The van der Waals surface area contributed by atoms with Crippen molar-refractivity contribution >= 4 is 22.9 Å². The van der Waals surface area contributed by atoms with Crippen molar-refractivity contribution in [1.82, 2.24) is 4.98 Å². The lowest BCUT2D eigenvalue weighted by Crippen LogP contribution is -1.95. The van der Waals surface area contributed by atoms with E-state index in [0.29, 0.717) is 6.61 Å². The molecule has 4 heteroatoms. The summed E-state index contributed by atoms with van der Waals surface area (Å²) in [5.74, 6) is -0.246. The first-order chi connectivity index (χ1) is 10.7. The zero-order chi connectivity index (χ0) is 15.4. The Balaban J connectivity index is 1.91. The predicted octanol–water partition coefficient (Wildman–Crippen LogP) is 3.84. The second-order valence-corrected chi connectivity index (χ2v) is 4.87. The number of fused-ring (bicyclic) bond motifs is 1. The van der Waals surface area contributed by atoms with Crippen LogP contribution < -0.4 is 4.74 Å². The third-order valence-electron chi connectivity index (χ3n) is 3.34. The van der Waals surface area contributed by atoms with Gasteiger partial charge in [-0.1, -0.05) is 36.4 Å². The summed E-state index contributed by atoms with van der Waals surface area (Å²) < 4.78 is 5.91. The molecule has 0 saturated carbocycles. The maximum Gasteiger partial charge on any atom is 0.328 e. The van der Waals surface area contributed by atoms with Crippen LogP contribution in [0, 0.1) is 0 Å². The van der Waals surface area contributed by atoms with Crippen LogP contribution in [0.15, 0.2) is 60.8 Å². The van der Waals surface area contributed by atoms with Crippen molar-refractivity contribution in [2.24, 2.45) is 0 Å². The molecule has 0 radical (unpaired) electrons. The van der Waals surface area contributed by atoms with Gasteiger partial charge in [0.25, 0.3) is 0 Å². The van der Waals surface area contributed by atoms with Gasteiger partial charge in [0.1, 0.15) is 12.4 Å². The topological polar surface area (TPSA) is 62.3 Å². The van der Waals surface area contributed by atoms with E-state index >= 15 is 0 Å². The summed E-state index contributed by atoms with van der Waals surface area (Å²) in [7, 11) is 0. The highest BCUT2D eigenvalue weighted by Gasteiger charge is 2.08. The number of benzene rings is 2. The lowest BCUT2D eigenvalue weighted by Gasteiger charge is -2.08. The van der Waals surface area contributed by atoms with E-state index in [0.717, 1.165) is 33.9 Å². The molecule has 0 aliphatic carbocycles. The predicted molar refractivity (Wildman–Crippen MR) is 85.7 cm³/mol. The molecule has 0 spiro atoms. The highest BCUT2D eigenvalue weighted by atomic mass is 16.5. The average molecular weight is 293 g/mol. The molecule has 2 N–H and O–H groups in total. The molecule has 0 saturated heterocycles. The van der Waals surface area contributed by atoms with Gasteiger partial charge in [0.2, 0.25) is 0 Å². The molecule has 0 aliphatic rings. The van der Waals surface area contributed by atoms with E-state index in [1.807, 2.05) is 48.5 Å². The zero-order valence-corrected chi connectivity index (χ0v) is 11.8. The van der Waals surface area contributed by atoms with Crippen LogP contribution in [0.25, 0.3) is 17.0 Å². The minimum absolute atomic E-state index is 0.465. The molecule has 0 amide bonds. The summed E-state index contributed by atoms with van der Waals surface area (Å²) in [5.41, 5.74) is 2.79. The molecule has 1 aromatic heterocycles. The summed E-state index contributed by atoms with van der Waals surface area (Å²) in [6.45, 7) is 0.465. The largest absolute Gasteiger partial charge is 0.488 e. The van der Waals surface area contributed by atoms with Crippen molar-refractivity contribution in [3.63, 3.8) is 0 Å². The Morgan fingerprint density at radius 3 is 2.73 bits per heavy atom. The van der Waals surface area contributed by atoms with Gasteiger partial charge in [-0.05, 0) is 23.8 Å². The van der Waals surface area contributed by atoms with Crippen molar-refractivity contribution in [3.05, 3.63) is 71.9 Å². The van der Waals surface area contributed by atoms with Gasteiger partial charge in [-0.2, -0.15) is 0 Å². The molecule has 3 aromatic rings. The molecule has 0 bridgehead atoms. The van der Waals surface area contributed by atoms with E-state index in [9.17, 15) is 4.79 Å². The number of carbonyl (C=O) groups is 1. The van der Waals surface area contributed by atoms with Crippen LogP contribution in [0.4, 0.5) is 0 Å². The number of hydrogen-bond acceptors (Lipinski definition) is 2. The third-order valence-corrected chi connectivity index (χ3v) is 3.34. The van der Waals surface area contributed by atoms with Crippen LogP contribution in [0.5, 0.6) is 5.75 Å². The lowest BCUT2D eigenvalue weighted by atomic mass is 10.1. The molecule has 110 valence electrons. The molecule has 0 atom stereocenters. The van der Waals surface area contributed by atoms with Crippen LogP contribution >= 0.6 is 0 Å². The fraction of sp³-hybridized carbons (Fsp3) is 0.0556. The number of rotatable bonds is 5. The van der Waals surface area contributed by atoms with Gasteiger partial charge in [0.15, 0.2) is 0 Å². The number of aromatic amines is 1. The first-order valence-electron chi connectivity index (χ1n) is 6.92. The van der Waals surface area contributed by atoms with E-state index in [1.165, 1.54) is 0 Å². The van der Waals surface area contributed by atoms with Gasteiger partial charge in [-0.15, -0.1) is 0 Å². The zero-order valence-electron chi connectivity index (χ0n) is 11.8. The summed E-state index contributed by atoms with van der Waals surface area (Å²) in [4.78, 5) is 13.8. The minimum Gasteiger partial charge on any atom is -0.488 e. The molecular formula is C18H15NO3. The van der Waals surface area contributed by atoms with Crippen LogP contribution in [-0.2, 0) is 11.4 Å². The van der Waals surface area contributed by atoms with Gasteiger partial charge < -0.3 is 14.8 Å². The van der Waals surface area contributed by atoms with Crippen LogP contribution in [0.3, 0.4) is 0 Å². The molecule has 0 aliphatic heterocycles. The van der Waals surface area contributed by atoms with Gasteiger partial charge >= 0.3 is 5.97 Å². The monoisotopic (exact) mass is 293 g/mol. The maximum atomic E-state index is 10.7. The van der Waals surface area contributed by atoms with Crippen molar-refractivity contribution in [3.8, 4) is 5.75 Å². The number of carboxylic acids is 1. The van der Waals surface area contributed by atoms with Gasteiger partial charge in [-0.3, -0.25) is 0 Å². The smallest absolute Gasteiger partial charge is 0.328 e. The Bertz CT molecular complexity index is 819. The molecule has 1 heterocycles. The Hall–Kier alpha value is -3.01. The van der Waals surface area contributed by atoms with Crippen molar-refractivity contribution in [1.29, 1.82) is 0 Å². The number of aromatic nitrogens is 1. The van der Waals surface area contributed by atoms with Crippen LogP contribution in [0.1, 0.15) is 11.1 Å². The molecule has 22 heavy (non-hydrogen) atoms. The fourth-order valence-corrected chi connectivity index (χ4v) is 2.32. The molecule has 0 fully saturated rings.